The van der Waals surface area contributed by atoms with Crippen molar-refractivity contribution in [3.05, 3.63) is 35.9 Å². The molecule has 3 N–H and O–H groups in total. The molecule has 0 spiro atoms. The lowest BCUT2D eigenvalue weighted by Gasteiger charge is -2.27. The second-order valence-corrected chi connectivity index (χ2v) is 6.84. The number of rotatable bonds is 11. The second kappa shape index (κ2) is 13.7. The monoisotopic (exact) mass is 468 g/mol. The topological polar surface area (TPSA) is 167 Å². The van der Waals surface area contributed by atoms with E-state index in [1.54, 1.807) is 30.3 Å². The summed E-state index contributed by atoms with van der Waals surface area (Å²) in [6, 6.07) is 5.51. The molecule has 0 heterocycles. The van der Waals surface area contributed by atoms with E-state index in [1.807, 2.05) is 0 Å². The number of benzene rings is 1. The van der Waals surface area contributed by atoms with E-state index in [1.165, 1.54) is 6.92 Å². The van der Waals surface area contributed by atoms with E-state index in [0.717, 1.165) is 21.3 Å². The molecule has 0 aromatic heterocycles. The largest absolute Gasteiger partial charge is 0.469 e. The summed E-state index contributed by atoms with van der Waals surface area (Å²) >= 11 is 0. The molecule has 182 valence electrons. The van der Waals surface area contributed by atoms with Crippen LogP contribution in [0, 0.1) is 5.92 Å². The van der Waals surface area contributed by atoms with Gasteiger partial charge < -0.3 is 34.7 Å². The van der Waals surface area contributed by atoms with E-state index in [0.29, 0.717) is 5.56 Å². The van der Waals surface area contributed by atoms with E-state index in [-0.39, 0.29) is 6.61 Å². The number of nitrogens with one attached hydrogen (secondary N) is 2. The maximum Gasteiger partial charge on any atom is 0.408 e. The van der Waals surface area contributed by atoms with Gasteiger partial charge in [0.1, 0.15) is 18.7 Å². The normalized spacial score (nSPS) is 14.0. The average Bonchev–Trinajstić information content (AvgIpc) is 2.82. The highest BCUT2D eigenvalue weighted by molar-refractivity contribution is 5.93. The van der Waals surface area contributed by atoms with Crippen LogP contribution >= 0.6 is 0 Å². The molecule has 0 saturated carbocycles. The third-order valence-electron chi connectivity index (χ3n) is 4.52. The van der Waals surface area contributed by atoms with Gasteiger partial charge in [-0.05, 0) is 12.5 Å². The SMILES string of the molecule is COC(=O)C[C@@H](C(=O)OC)[C@@H](NC(=O)[C@@H](NC(=O)OCc1ccccc1)[C@@H](C)O)C(=O)OC. The highest BCUT2D eigenvalue weighted by atomic mass is 16.6. The Labute approximate surface area is 190 Å². The number of esters is 3. The summed E-state index contributed by atoms with van der Waals surface area (Å²) in [5.74, 6) is -5.41. The zero-order valence-electron chi connectivity index (χ0n) is 18.7. The molecular formula is C21H28N2O10. The highest BCUT2D eigenvalue weighted by Crippen LogP contribution is 2.15. The van der Waals surface area contributed by atoms with Crippen LogP contribution in [0.25, 0.3) is 0 Å². The molecule has 1 aromatic carbocycles. The Morgan fingerprint density at radius 3 is 2.00 bits per heavy atom. The third kappa shape index (κ3) is 8.77. The minimum Gasteiger partial charge on any atom is -0.469 e. The third-order valence-corrected chi connectivity index (χ3v) is 4.52. The summed E-state index contributed by atoms with van der Waals surface area (Å²) in [7, 11) is 3.13. The number of methoxy groups -OCH3 is 3. The van der Waals surface area contributed by atoms with Gasteiger partial charge in [0, 0.05) is 0 Å². The Kier molecular flexibility index (Phi) is 11.3. The van der Waals surface area contributed by atoms with E-state index in [9.17, 15) is 29.1 Å². The van der Waals surface area contributed by atoms with Crippen molar-refractivity contribution in [2.45, 2.75) is 38.1 Å². The molecule has 0 aliphatic rings. The molecule has 12 heteroatoms. The second-order valence-electron chi connectivity index (χ2n) is 6.84. The van der Waals surface area contributed by atoms with Crippen LogP contribution in [0.3, 0.4) is 0 Å². The van der Waals surface area contributed by atoms with Crippen molar-refractivity contribution in [2.75, 3.05) is 21.3 Å². The molecule has 0 radical (unpaired) electrons. The summed E-state index contributed by atoms with van der Waals surface area (Å²) in [6.07, 6.45) is -3.02. The van der Waals surface area contributed by atoms with Gasteiger partial charge in [0.15, 0.2) is 0 Å². The van der Waals surface area contributed by atoms with Crippen LogP contribution < -0.4 is 10.6 Å². The van der Waals surface area contributed by atoms with Gasteiger partial charge in [0.25, 0.3) is 0 Å². The quantitative estimate of drug-likeness (QED) is 0.289. The predicted octanol–water partition coefficient (Wildman–Crippen LogP) is -0.328. The molecule has 0 unspecified atom stereocenters. The Balaban J connectivity index is 2.97. The van der Waals surface area contributed by atoms with Crippen molar-refractivity contribution in [3.63, 3.8) is 0 Å². The van der Waals surface area contributed by atoms with Crippen LogP contribution in [-0.4, -0.2) is 74.5 Å². The molecular weight excluding hydrogens is 440 g/mol. The minimum atomic E-state index is -1.67. The van der Waals surface area contributed by atoms with Crippen LogP contribution in [-0.2, 0) is 44.7 Å². The maximum absolute atomic E-state index is 12.8. The number of ether oxygens (including phenoxy) is 4. The predicted molar refractivity (Wildman–Crippen MR) is 111 cm³/mol. The molecule has 4 atom stereocenters. The summed E-state index contributed by atoms with van der Waals surface area (Å²) in [6.45, 7) is 1.14. The molecule has 33 heavy (non-hydrogen) atoms. The van der Waals surface area contributed by atoms with Crippen LogP contribution in [0.5, 0.6) is 0 Å². The van der Waals surface area contributed by atoms with Gasteiger partial charge in [0.2, 0.25) is 5.91 Å². The number of carbonyl (C=O) groups is 5. The van der Waals surface area contributed by atoms with Gasteiger partial charge in [-0.1, -0.05) is 30.3 Å². The van der Waals surface area contributed by atoms with Gasteiger partial charge >= 0.3 is 24.0 Å². The number of alkyl carbamates (subject to hydrolysis) is 1. The number of hydrogen-bond acceptors (Lipinski definition) is 10. The van der Waals surface area contributed by atoms with Crippen molar-refractivity contribution in [1.29, 1.82) is 0 Å². The van der Waals surface area contributed by atoms with Crippen molar-refractivity contribution in [1.82, 2.24) is 10.6 Å². The summed E-state index contributed by atoms with van der Waals surface area (Å²) in [4.78, 5) is 61.1. The Hall–Kier alpha value is -3.67. The van der Waals surface area contributed by atoms with Crippen molar-refractivity contribution < 1.29 is 48.0 Å². The van der Waals surface area contributed by atoms with Gasteiger partial charge in [-0.15, -0.1) is 0 Å². The molecule has 1 rings (SSSR count). The molecule has 0 saturated heterocycles. The molecule has 0 bridgehead atoms. The number of aliphatic hydroxyl groups is 1. The van der Waals surface area contributed by atoms with Gasteiger partial charge in [-0.3, -0.25) is 14.4 Å². The lowest BCUT2D eigenvalue weighted by atomic mass is 9.95. The van der Waals surface area contributed by atoms with Crippen LogP contribution in [0.15, 0.2) is 30.3 Å². The fourth-order valence-electron chi connectivity index (χ4n) is 2.74. The average molecular weight is 468 g/mol. The standard InChI is InChI=1S/C21H28N2O10/c1-12(24)16(23-21(29)33-11-13-8-6-5-7-9-13)18(26)22-17(20(28)32-4)14(19(27)31-3)10-15(25)30-2/h5-9,12,14,16-17,24H,10-11H2,1-4H3,(H,22,26)(H,23,29)/t12-,14-,16+,17-/m1/s1. The van der Waals surface area contributed by atoms with Crippen molar-refractivity contribution in [3.8, 4) is 0 Å². The Morgan fingerprint density at radius 1 is 0.879 bits per heavy atom. The number of amides is 2. The van der Waals surface area contributed by atoms with Gasteiger partial charge in [0.05, 0.1) is 39.8 Å². The molecule has 1 aromatic rings. The molecule has 0 aliphatic carbocycles. The minimum absolute atomic E-state index is 0.0881. The number of hydrogen-bond donors (Lipinski definition) is 3. The smallest absolute Gasteiger partial charge is 0.408 e. The summed E-state index contributed by atoms with van der Waals surface area (Å²) < 4.78 is 18.8. The Bertz CT molecular complexity index is 828. The summed E-state index contributed by atoms with van der Waals surface area (Å²) in [5.41, 5.74) is 0.695. The van der Waals surface area contributed by atoms with Crippen molar-refractivity contribution in [2.24, 2.45) is 5.92 Å². The lowest BCUT2D eigenvalue weighted by Crippen LogP contribution is -2.58. The fourth-order valence-corrected chi connectivity index (χ4v) is 2.74. The van der Waals surface area contributed by atoms with Gasteiger partial charge in [-0.25, -0.2) is 9.59 Å². The van der Waals surface area contributed by atoms with E-state index >= 15 is 0 Å². The summed E-state index contributed by atoms with van der Waals surface area (Å²) in [5, 5.41) is 14.4. The highest BCUT2D eigenvalue weighted by Gasteiger charge is 2.40. The zero-order chi connectivity index (χ0) is 25.0. The molecule has 0 aliphatic heterocycles. The molecule has 2 amide bonds. The van der Waals surface area contributed by atoms with Crippen LogP contribution in [0.4, 0.5) is 4.79 Å². The zero-order valence-corrected chi connectivity index (χ0v) is 18.7. The maximum atomic E-state index is 12.8. The molecule has 12 nitrogen and oxygen atoms in total. The first-order valence-electron chi connectivity index (χ1n) is 9.82. The van der Waals surface area contributed by atoms with Crippen molar-refractivity contribution >= 4 is 29.9 Å². The first-order valence-corrected chi connectivity index (χ1v) is 9.82. The number of aliphatic hydroxyl groups excluding tert-OH is 1. The van der Waals surface area contributed by atoms with Gasteiger partial charge in [-0.2, -0.15) is 0 Å². The van der Waals surface area contributed by atoms with Crippen LogP contribution in [0.1, 0.15) is 18.9 Å². The van der Waals surface area contributed by atoms with E-state index in [4.69, 9.17) is 4.74 Å². The van der Waals surface area contributed by atoms with E-state index in [2.05, 4.69) is 24.8 Å². The van der Waals surface area contributed by atoms with Crippen LogP contribution in [0.2, 0.25) is 0 Å². The van der Waals surface area contributed by atoms with E-state index < -0.39 is 60.4 Å². The first-order chi connectivity index (χ1) is 15.6. The number of carbonyl (C=O) groups excluding carboxylic acids is 5. The Morgan fingerprint density at radius 2 is 1.48 bits per heavy atom. The first kappa shape index (κ1) is 27.4. The fraction of sp³-hybridized carbons (Fsp3) is 0.476. The molecule has 0 fully saturated rings. The lowest BCUT2D eigenvalue weighted by molar-refractivity contribution is -0.159.